The van der Waals surface area contributed by atoms with Crippen LogP contribution in [0.3, 0.4) is 0 Å². The van der Waals surface area contributed by atoms with E-state index in [9.17, 15) is 18.8 Å². The van der Waals surface area contributed by atoms with Crippen LogP contribution in [0.5, 0.6) is 0 Å². The van der Waals surface area contributed by atoms with Crippen LogP contribution in [0.2, 0.25) is 0 Å². The van der Waals surface area contributed by atoms with Crippen LogP contribution in [0.25, 0.3) is 0 Å². The SMILES string of the molecule is CN1C(=O)[C@@H](NC(=O)c2nc3n(n2)[C@H](c2ccccc2F)CC3)CCc2cn(C)c(=O)cc21. The molecule has 9 nitrogen and oxygen atoms in total. The van der Waals surface area contributed by atoms with E-state index in [-0.39, 0.29) is 29.1 Å². The number of carbonyl (C=O) groups is 2. The molecule has 2 aliphatic heterocycles. The molecule has 0 saturated heterocycles. The van der Waals surface area contributed by atoms with Gasteiger partial charge < -0.3 is 14.8 Å². The summed E-state index contributed by atoms with van der Waals surface area (Å²) in [5.41, 5.74) is 1.71. The fourth-order valence-electron chi connectivity index (χ4n) is 4.60. The van der Waals surface area contributed by atoms with E-state index in [1.165, 1.54) is 21.6 Å². The van der Waals surface area contributed by atoms with Crippen LogP contribution in [0.1, 0.15) is 46.5 Å². The zero-order valence-corrected chi connectivity index (χ0v) is 18.3. The van der Waals surface area contributed by atoms with E-state index in [4.69, 9.17) is 0 Å². The van der Waals surface area contributed by atoms with E-state index >= 15 is 0 Å². The van der Waals surface area contributed by atoms with Crippen molar-refractivity contribution in [1.29, 1.82) is 0 Å². The third-order valence-corrected chi connectivity index (χ3v) is 6.39. The smallest absolute Gasteiger partial charge is 0.291 e. The van der Waals surface area contributed by atoms with E-state index in [1.807, 2.05) is 0 Å². The van der Waals surface area contributed by atoms with E-state index in [1.54, 1.807) is 43.2 Å². The number of carbonyl (C=O) groups excluding carboxylic acids is 2. The molecule has 2 atom stereocenters. The third-order valence-electron chi connectivity index (χ3n) is 6.39. The highest BCUT2D eigenvalue weighted by Gasteiger charge is 2.33. The number of likely N-dealkylation sites (N-methyl/N-ethyl adjacent to an activating group) is 1. The summed E-state index contributed by atoms with van der Waals surface area (Å²) in [5.74, 6) is -0.626. The van der Waals surface area contributed by atoms with Crippen LogP contribution in [0.4, 0.5) is 10.1 Å². The molecule has 2 aromatic heterocycles. The van der Waals surface area contributed by atoms with Crippen molar-refractivity contribution in [3.63, 3.8) is 0 Å². The Labute approximate surface area is 188 Å². The number of rotatable bonds is 3. The molecule has 0 radical (unpaired) electrons. The second-order valence-electron chi connectivity index (χ2n) is 8.47. The monoisotopic (exact) mass is 450 g/mol. The topological polar surface area (TPSA) is 102 Å². The van der Waals surface area contributed by atoms with Crippen LogP contribution in [0, 0.1) is 5.82 Å². The standard InChI is InChI=1S/C23H23FN6O3/c1-28-12-13-7-8-16(23(33)29(2)18(13)11-20(28)31)25-22(32)21-26-19-10-9-17(30(19)27-21)14-5-3-4-6-15(14)24/h3-6,11-12,16-17H,7-10H2,1-2H3,(H,25,32)/t16-,17-/m0/s1. The summed E-state index contributed by atoms with van der Waals surface area (Å²) < 4.78 is 17.4. The first-order valence-electron chi connectivity index (χ1n) is 10.8. The first kappa shape index (κ1) is 21.0. The molecule has 0 spiro atoms. The predicted molar refractivity (Wildman–Crippen MR) is 118 cm³/mol. The Morgan fingerprint density at radius 2 is 1.94 bits per heavy atom. The first-order chi connectivity index (χ1) is 15.8. The Kier molecular flexibility index (Phi) is 5.07. The second kappa shape index (κ2) is 7.95. The molecule has 0 bridgehead atoms. The summed E-state index contributed by atoms with van der Waals surface area (Å²) >= 11 is 0. The summed E-state index contributed by atoms with van der Waals surface area (Å²) in [6, 6.07) is 6.84. The molecule has 33 heavy (non-hydrogen) atoms. The van der Waals surface area contributed by atoms with Gasteiger partial charge in [-0.3, -0.25) is 14.4 Å². The van der Waals surface area contributed by atoms with Crippen molar-refractivity contribution >= 4 is 17.5 Å². The summed E-state index contributed by atoms with van der Waals surface area (Å²) in [6.07, 6.45) is 3.85. The minimum Gasteiger partial charge on any atom is -0.337 e. The van der Waals surface area contributed by atoms with Crippen LogP contribution in [0.15, 0.2) is 41.3 Å². The van der Waals surface area contributed by atoms with E-state index in [0.29, 0.717) is 42.8 Å². The maximum atomic E-state index is 14.3. The highest BCUT2D eigenvalue weighted by molar-refractivity contribution is 6.01. The second-order valence-corrected chi connectivity index (χ2v) is 8.47. The van der Waals surface area contributed by atoms with Gasteiger partial charge in [0, 0.05) is 38.3 Å². The van der Waals surface area contributed by atoms with Crippen molar-refractivity contribution in [2.45, 2.75) is 37.8 Å². The maximum Gasteiger partial charge on any atom is 0.291 e. The molecule has 3 aromatic rings. The third kappa shape index (κ3) is 3.61. The predicted octanol–water partition coefficient (Wildman–Crippen LogP) is 1.36. The van der Waals surface area contributed by atoms with Crippen LogP contribution >= 0.6 is 0 Å². The molecule has 0 saturated carbocycles. The Balaban J connectivity index is 1.36. The molecule has 1 N–H and O–H groups in total. The van der Waals surface area contributed by atoms with Crippen molar-refractivity contribution in [1.82, 2.24) is 24.6 Å². The average Bonchev–Trinajstić information content (AvgIpc) is 3.36. The molecule has 170 valence electrons. The lowest BCUT2D eigenvalue weighted by molar-refractivity contribution is -0.120. The van der Waals surface area contributed by atoms with Crippen LogP contribution in [-0.2, 0) is 24.7 Å². The molecule has 2 amide bonds. The molecular formula is C23H23FN6O3. The number of fused-ring (bicyclic) bond motifs is 2. The van der Waals surface area contributed by atoms with Gasteiger partial charge in [-0.25, -0.2) is 14.1 Å². The fraction of sp³-hybridized carbons (Fsp3) is 0.348. The molecule has 5 rings (SSSR count). The number of halogens is 1. The molecule has 0 fully saturated rings. The molecule has 0 unspecified atom stereocenters. The molecule has 10 heteroatoms. The van der Waals surface area contributed by atoms with Crippen LogP contribution in [-0.4, -0.2) is 44.2 Å². The number of anilines is 1. The summed E-state index contributed by atoms with van der Waals surface area (Å²) in [6.45, 7) is 0. The highest BCUT2D eigenvalue weighted by Crippen LogP contribution is 2.32. The molecule has 1 aromatic carbocycles. The van der Waals surface area contributed by atoms with Gasteiger partial charge in [0.05, 0.1) is 11.7 Å². The molecular weight excluding hydrogens is 427 g/mol. The lowest BCUT2D eigenvalue weighted by Gasteiger charge is -2.21. The lowest BCUT2D eigenvalue weighted by atomic mass is 10.0. The molecule has 4 heterocycles. The number of benzene rings is 1. The van der Waals surface area contributed by atoms with Crippen molar-refractivity contribution < 1.29 is 14.0 Å². The van der Waals surface area contributed by atoms with Gasteiger partial charge in [0.15, 0.2) is 0 Å². The lowest BCUT2D eigenvalue weighted by Crippen LogP contribution is -2.47. The van der Waals surface area contributed by atoms with E-state index in [2.05, 4.69) is 15.4 Å². The Hall–Kier alpha value is -3.82. The Morgan fingerprint density at radius 3 is 2.73 bits per heavy atom. The largest absolute Gasteiger partial charge is 0.337 e. The summed E-state index contributed by atoms with van der Waals surface area (Å²) in [4.78, 5) is 43.7. The Morgan fingerprint density at radius 1 is 1.15 bits per heavy atom. The quantitative estimate of drug-likeness (QED) is 0.649. The van der Waals surface area contributed by atoms with Gasteiger partial charge >= 0.3 is 0 Å². The normalized spacial score (nSPS) is 19.7. The van der Waals surface area contributed by atoms with Crippen molar-refractivity contribution in [2.24, 2.45) is 7.05 Å². The maximum absolute atomic E-state index is 14.3. The Bertz CT molecular complexity index is 1330. The van der Waals surface area contributed by atoms with Gasteiger partial charge in [-0.05, 0) is 30.9 Å². The molecule has 2 aliphatic rings. The van der Waals surface area contributed by atoms with Gasteiger partial charge in [0.25, 0.3) is 11.5 Å². The number of hydrogen-bond acceptors (Lipinski definition) is 5. The minimum absolute atomic E-state index is 0.0449. The van der Waals surface area contributed by atoms with Gasteiger partial charge in [-0.2, -0.15) is 0 Å². The number of aryl methyl sites for hydroxylation is 3. The van der Waals surface area contributed by atoms with Crippen molar-refractivity contribution in [3.05, 3.63) is 75.5 Å². The number of aromatic nitrogens is 4. The zero-order valence-electron chi connectivity index (χ0n) is 18.3. The highest BCUT2D eigenvalue weighted by atomic mass is 19.1. The molecule has 0 aliphatic carbocycles. The van der Waals surface area contributed by atoms with Gasteiger partial charge in [0.2, 0.25) is 11.7 Å². The summed E-state index contributed by atoms with van der Waals surface area (Å²) in [7, 11) is 3.25. The van der Waals surface area contributed by atoms with Gasteiger partial charge in [-0.1, -0.05) is 18.2 Å². The number of nitrogens with one attached hydrogen (secondary N) is 1. The van der Waals surface area contributed by atoms with Crippen molar-refractivity contribution in [3.8, 4) is 0 Å². The zero-order chi connectivity index (χ0) is 23.3. The van der Waals surface area contributed by atoms with E-state index in [0.717, 1.165) is 5.56 Å². The number of nitrogens with zero attached hydrogens (tertiary/aromatic N) is 5. The number of hydrogen-bond donors (Lipinski definition) is 1. The van der Waals surface area contributed by atoms with Gasteiger partial charge in [-0.15, -0.1) is 5.10 Å². The average molecular weight is 450 g/mol. The summed E-state index contributed by atoms with van der Waals surface area (Å²) in [5, 5.41) is 7.09. The number of pyridine rings is 1. The van der Waals surface area contributed by atoms with Gasteiger partial charge in [0.1, 0.15) is 17.7 Å². The fourth-order valence-corrected chi connectivity index (χ4v) is 4.60. The number of amides is 2. The first-order valence-corrected chi connectivity index (χ1v) is 10.8. The van der Waals surface area contributed by atoms with E-state index < -0.39 is 11.9 Å². The minimum atomic E-state index is -0.781. The van der Waals surface area contributed by atoms with Crippen molar-refractivity contribution in [2.75, 3.05) is 11.9 Å². The van der Waals surface area contributed by atoms with Crippen LogP contribution < -0.4 is 15.8 Å².